The van der Waals surface area contributed by atoms with Crippen molar-refractivity contribution in [1.29, 1.82) is 5.16 Å². The fourth-order valence-corrected chi connectivity index (χ4v) is 10.3. The number of fused-ring (bicyclic) bond motifs is 1. The van der Waals surface area contributed by atoms with E-state index < -0.39 is 7.05 Å². The standard InChI is InChI=1S/C19H30NP/c1-14-13-19(8,16-12-10-9-11-15(14)16)21(20,17(2,3)4)18(5,6)7/h9-13,20H,1-8H3. The van der Waals surface area contributed by atoms with Gasteiger partial charge in [0.25, 0.3) is 0 Å². The number of nitrogens with one attached hydrogen (secondary N) is 1. The molecule has 0 spiro atoms. The predicted molar refractivity (Wildman–Crippen MR) is 96.6 cm³/mol. The van der Waals surface area contributed by atoms with Crippen LogP contribution in [0.2, 0.25) is 0 Å². The average molecular weight is 303 g/mol. The van der Waals surface area contributed by atoms with Crippen molar-refractivity contribution in [1.82, 2.24) is 0 Å². The van der Waals surface area contributed by atoms with E-state index in [9.17, 15) is 5.16 Å². The highest BCUT2D eigenvalue weighted by atomic mass is 31.2. The highest BCUT2D eigenvalue weighted by Gasteiger charge is 2.55. The van der Waals surface area contributed by atoms with E-state index in [0.29, 0.717) is 0 Å². The Balaban J connectivity index is 2.83. The maximum absolute atomic E-state index is 9.70. The van der Waals surface area contributed by atoms with Crippen molar-refractivity contribution in [3.63, 3.8) is 0 Å². The summed E-state index contributed by atoms with van der Waals surface area (Å²) in [5.41, 5.74) is 4.03. The molecule has 1 atom stereocenters. The molecule has 0 radical (unpaired) electrons. The van der Waals surface area contributed by atoms with Gasteiger partial charge in [-0.1, -0.05) is 71.9 Å². The van der Waals surface area contributed by atoms with Crippen LogP contribution in [0.4, 0.5) is 0 Å². The van der Waals surface area contributed by atoms with Crippen LogP contribution in [0.1, 0.15) is 66.5 Å². The van der Waals surface area contributed by atoms with Crippen LogP contribution in [0, 0.1) is 5.16 Å². The molecule has 0 bridgehead atoms. The Kier molecular flexibility index (Phi) is 3.62. The topological polar surface area (TPSA) is 23.9 Å². The van der Waals surface area contributed by atoms with E-state index >= 15 is 0 Å². The van der Waals surface area contributed by atoms with Gasteiger partial charge in [0.15, 0.2) is 0 Å². The molecule has 0 heterocycles. The van der Waals surface area contributed by atoms with Crippen LogP contribution in [-0.4, -0.2) is 10.3 Å². The molecule has 0 aliphatic heterocycles. The van der Waals surface area contributed by atoms with E-state index in [2.05, 4.69) is 85.7 Å². The molecule has 1 nitrogen and oxygen atoms in total. The van der Waals surface area contributed by atoms with Gasteiger partial charge in [0.2, 0.25) is 0 Å². The molecule has 116 valence electrons. The van der Waals surface area contributed by atoms with Crippen LogP contribution in [0.15, 0.2) is 30.3 Å². The van der Waals surface area contributed by atoms with Crippen LogP contribution in [0.25, 0.3) is 5.57 Å². The quantitative estimate of drug-likeness (QED) is 0.558. The summed E-state index contributed by atoms with van der Waals surface area (Å²) in [6.07, 6.45) is 2.38. The maximum Gasteiger partial charge on any atom is 0.0472 e. The molecule has 0 saturated heterocycles. The number of hydrogen-bond donors (Lipinski definition) is 1. The second-order valence-corrected chi connectivity index (χ2v) is 13.5. The first kappa shape index (κ1) is 16.6. The molecule has 1 aliphatic rings. The molecule has 1 N–H and O–H groups in total. The third-order valence-electron chi connectivity index (χ3n) is 5.10. The van der Waals surface area contributed by atoms with Gasteiger partial charge in [-0.3, -0.25) is 0 Å². The van der Waals surface area contributed by atoms with E-state index in [4.69, 9.17) is 0 Å². The molecule has 1 aromatic carbocycles. The van der Waals surface area contributed by atoms with E-state index in [1.807, 2.05) is 0 Å². The summed E-state index contributed by atoms with van der Waals surface area (Å²) in [5, 5.41) is 9.50. The maximum atomic E-state index is 9.70. The summed E-state index contributed by atoms with van der Waals surface area (Å²) in [6.45, 7) is 18.0. The molecule has 1 aliphatic carbocycles. The largest absolute Gasteiger partial charge is 0.316 e. The first-order valence-electron chi connectivity index (χ1n) is 7.80. The van der Waals surface area contributed by atoms with Crippen molar-refractivity contribution in [2.24, 2.45) is 0 Å². The Labute approximate surface area is 130 Å². The zero-order chi connectivity index (χ0) is 16.3. The second kappa shape index (κ2) is 4.59. The molecule has 1 aromatic rings. The Bertz CT molecular complexity index is 622. The van der Waals surface area contributed by atoms with Crippen molar-refractivity contribution in [3.8, 4) is 0 Å². The van der Waals surface area contributed by atoms with E-state index in [1.165, 1.54) is 16.7 Å². The van der Waals surface area contributed by atoms with Crippen molar-refractivity contribution in [3.05, 3.63) is 41.5 Å². The molecule has 1 unspecified atom stereocenters. The molecule has 2 rings (SSSR count). The highest BCUT2D eigenvalue weighted by Crippen LogP contribution is 2.79. The van der Waals surface area contributed by atoms with Gasteiger partial charge in [0.05, 0.1) is 0 Å². The lowest BCUT2D eigenvalue weighted by molar-refractivity contribution is 0.644. The summed E-state index contributed by atoms with van der Waals surface area (Å²) >= 11 is 0. The SMILES string of the molecule is CC1=CC(C)(P(=N)(C(C)(C)C)C(C)(C)C)c2ccccc21. The van der Waals surface area contributed by atoms with Crippen LogP contribution < -0.4 is 0 Å². The Hall–Kier alpha value is -0.810. The lowest BCUT2D eigenvalue weighted by Crippen LogP contribution is -2.38. The van der Waals surface area contributed by atoms with Crippen molar-refractivity contribution in [2.75, 3.05) is 0 Å². The van der Waals surface area contributed by atoms with Crippen LogP contribution in [-0.2, 0) is 5.16 Å². The molecule has 21 heavy (non-hydrogen) atoms. The van der Waals surface area contributed by atoms with Gasteiger partial charge >= 0.3 is 0 Å². The minimum atomic E-state index is -2.09. The number of rotatable bonds is 1. The molecule has 0 aromatic heterocycles. The summed E-state index contributed by atoms with van der Waals surface area (Å²) in [6, 6.07) is 8.69. The van der Waals surface area contributed by atoms with Gasteiger partial charge < -0.3 is 5.16 Å². The Morgan fingerprint density at radius 1 is 0.952 bits per heavy atom. The monoisotopic (exact) mass is 303 g/mol. The Morgan fingerprint density at radius 3 is 1.90 bits per heavy atom. The normalized spacial score (nSPS) is 23.0. The third kappa shape index (κ3) is 2.08. The van der Waals surface area contributed by atoms with Crippen molar-refractivity contribution < 1.29 is 0 Å². The van der Waals surface area contributed by atoms with Gasteiger partial charge in [-0.05, 0) is 47.9 Å². The number of benzene rings is 1. The molecule has 0 fully saturated rings. The lowest BCUT2D eigenvalue weighted by Gasteiger charge is -2.54. The lowest BCUT2D eigenvalue weighted by atomic mass is 10.0. The van der Waals surface area contributed by atoms with Crippen LogP contribution >= 0.6 is 7.05 Å². The highest BCUT2D eigenvalue weighted by molar-refractivity contribution is 7.69. The molecule has 0 amide bonds. The predicted octanol–water partition coefficient (Wildman–Crippen LogP) is 6.70. The van der Waals surface area contributed by atoms with E-state index in [0.717, 1.165) is 0 Å². The van der Waals surface area contributed by atoms with Crippen LogP contribution in [0.5, 0.6) is 0 Å². The zero-order valence-corrected chi connectivity index (χ0v) is 15.7. The molecular formula is C19H30NP. The van der Waals surface area contributed by atoms with Gasteiger partial charge in [0.1, 0.15) is 0 Å². The second-order valence-electron chi connectivity index (χ2n) is 8.53. The van der Waals surface area contributed by atoms with Crippen LogP contribution in [0.3, 0.4) is 0 Å². The summed E-state index contributed by atoms with van der Waals surface area (Å²) < 4.78 is 0. The zero-order valence-electron chi connectivity index (χ0n) is 14.8. The summed E-state index contributed by atoms with van der Waals surface area (Å²) in [5.74, 6) is 0. The van der Waals surface area contributed by atoms with Gasteiger partial charge in [-0.25, -0.2) is 0 Å². The van der Waals surface area contributed by atoms with Crippen molar-refractivity contribution in [2.45, 2.75) is 70.9 Å². The first-order chi connectivity index (χ1) is 9.36. The van der Waals surface area contributed by atoms with Crippen molar-refractivity contribution >= 4 is 12.6 Å². The first-order valence-corrected chi connectivity index (χ1v) is 9.59. The van der Waals surface area contributed by atoms with E-state index in [1.54, 1.807) is 0 Å². The third-order valence-corrected chi connectivity index (χ3v) is 10.9. The fraction of sp³-hybridized carbons (Fsp3) is 0.579. The molecular weight excluding hydrogens is 273 g/mol. The molecule has 0 saturated carbocycles. The minimum Gasteiger partial charge on any atom is -0.316 e. The number of hydrogen-bond acceptors (Lipinski definition) is 1. The van der Waals surface area contributed by atoms with E-state index in [-0.39, 0.29) is 15.5 Å². The van der Waals surface area contributed by atoms with Gasteiger partial charge in [-0.15, -0.1) is 0 Å². The van der Waals surface area contributed by atoms with Gasteiger partial charge in [0, 0.05) is 5.16 Å². The fourth-order valence-electron chi connectivity index (χ4n) is 4.52. The smallest absolute Gasteiger partial charge is 0.0472 e. The number of allylic oxidation sites excluding steroid dienone is 2. The average Bonchev–Trinajstić information content (AvgIpc) is 2.60. The Morgan fingerprint density at radius 2 is 1.43 bits per heavy atom. The summed E-state index contributed by atoms with van der Waals surface area (Å²) in [4.78, 5) is 0. The van der Waals surface area contributed by atoms with Gasteiger partial charge in [-0.2, -0.15) is 0 Å². The molecule has 2 heteroatoms. The summed E-state index contributed by atoms with van der Waals surface area (Å²) in [7, 11) is -2.09. The minimum absolute atomic E-state index is 0.0196.